The lowest BCUT2D eigenvalue weighted by atomic mass is 10.4. The van der Waals surface area contributed by atoms with Crippen LogP contribution in [0.4, 0.5) is 13.2 Å². The van der Waals surface area contributed by atoms with Crippen LogP contribution in [0, 0.1) is 0 Å². The molecule has 0 spiro atoms. The summed E-state index contributed by atoms with van der Waals surface area (Å²) in [5, 5.41) is 15.5. The van der Waals surface area contributed by atoms with Gasteiger partial charge in [0.2, 0.25) is 0 Å². The second-order valence-electron chi connectivity index (χ2n) is 5.03. The number of alkyl halides is 3. The Balaban J connectivity index is 0.00000338. The fourth-order valence-electron chi connectivity index (χ4n) is 2.00. The van der Waals surface area contributed by atoms with Crippen molar-refractivity contribution in [2.75, 3.05) is 13.1 Å². The fraction of sp³-hybridized carbons (Fsp3) is 0.571. The summed E-state index contributed by atoms with van der Waals surface area (Å²) in [7, 11) is 0. The zero-order valence-corrected chi connectivity index (χ0v) is 17.5. The molecule has 0 radical (unpaired) electrons. The molecule has 0 aromatic carbocycles. The van der Waals surface area contributed by atoms with Crippen molar-refractivity contribution in [3.05, 3.63) is 28.2 Å². The molecule has 2 N–H and O–H groups in total. The highest BCUT2D eigenvalue weighted by atomic mass is 127. The van der Waals surface area contributed by atoms with E-state index in [-0.39, 0.29) is 24.0 Å². The van der Waals surface area contributed by atoms with E-state index in [1.54, 1.807) is 6.33 Å². The maximum Gasteiger partial charge on any atom is 0.434 e. The number of halogens is 4. The zero-order chi connectivity index (χ0) is 18.3. The van der Waals surface area contributed by atoms with E-state index in [2.05, 4.69) is 30.8 Å². The van der Waals surface area contributed by atoms with Crippen LogP contribution in [0.15, 0.2) is 16.7 Å². The van der Waals surface area contributed by atoms with Gasteiger partial charge in [0, 0.05) is 31.4 Å². The fourth-order valence-corrected chi connectivity index (χ4v) is 2.81. The van der Waals surface area contributed by atoms with Crippen LogP contribution in [0.5, 0.6) is 0 Å². The van der Waals surface area contributed by atoms with Gasteiger partial charge in [0.25, 0.3) is 0 Å². The van der Waals surface area contributed by atoms with Crippen LogP contribution < -0.4 is 10.6 Å². The first-order valence-electron chi connectivity index (χ1n) is 7.84. The summed E-state index contributed by atoms with van der Waals surface area (Å²) >= 11 is 1.00. The molecule has 0 aliphatic carbocycles. The molecule has 2 heterocycles. The Morgan fingerprint density at radius 1 is 1.31 bits per heavy atom. The van der Waals surface area contributed by atoms with Gasteiger partial charge in [-0.1, -0.05) is 0 Å². The Kier molecular flexibility index (Phi) is 9.25. The second-order valence-corrected chi connectivity index (χ2v) is 5.97. The number of hydrogen-bond donors (Lipinski definition) is 2. The molecule has 12 heteroatoms. The first kappa shape index (κ1) is 22.6. The van der Waals surface area contributed by atoms with Gasteiger partial charge in [0.1, 0.15) is 12.9 Å². The number of aliphatic imine (C=N–C) groups is 1. The number of guanidine groups is 1. The summed E-state index contributed by atoms with van der Waals surface area (Å²) < 4.78 is 39.5. The van der Waals surface area contributed by atoms with Crippen molar-refractivity contribution in [3.63, 3.8) is 0 Å². The quantitative estimate of drug-likeness (QED) is 0.345. The minimum Gasteiger partial charge on any atom is -0.357 e. The van der Waals surface area contributed by atoms with Crippen molar-refractivity contribution < 1.29 is 13.2 Å². The summed E-state index contributed by atoms with van der Waals surface area (Å²) in [5.74, 6) is 1.31. The molecular formula is C14H21F3IN7S. The molecule has 0 aliphatic heterocycles. The van der Waals surface area contributed by atoms with Crippen LogP contribution in [0.25, 0.3) is 0 Å². The van der Waals surface area contributed by atoms with Gasteiger partial charge in [0.05, 0.1) is 5.01 Å². The van der Waals surface area contributed by atoms with Crippen molar-refractivity contribution in [2.24, 2.45) is 4.99 Å². The first-order valence-corrected chi connectivity index (χ1v) is 8.72. The standard InChI is InChI=1S/C14H20F3N7S.HI/c1-3-18-13(20-7-11-23-21-9-24(11)4-2)19-6-5-12-22-10(8-25-12)14(15,16)17;/h8-9H,3-7H2,1-2H3,(H2,18,19,20);1H. The zero-order valence-electron chi connectivity index (χ0n) is 14.4. The monoisotopic (exact) mass is 503 g/mol. The second kappa shape index (κ2) is 10.6. The van der Waals surface area contributed by atoms with Crippen LogP contribution in [0.1, 0.15) is 30.4 Å². The molecule has 0 unspecified atom stereocenters. The molecule has 0 bridgehead atoms. The van der Waals surface area contributed by atoms with Crippen molar-refractivity contribution >= 4 is 41.3 Å². The normalized spacial score (nSPS) is 12.0. The number of nitrogens with one attached hydrogen (secondary N) is 2. The molecule has 0 saturated carbocycles. The molecule has 146 valence electrons. The summed E-state index contributed by atoms with van der Waals surface area (Å²) in [6.07, 6.45) is -2.37. The third kappa shape index (κ3) is 6.70. The highest BCUT2D eigenvalue weighted by Gasteiger charge is 2.33. The van der Waals surface area contributed by atoms with E-state index < -0.39 is 11.9 Å². The maximum absolute atomic E-state index is 12.5. The Morgan fingerprint density at radius 2 is 2.08 bits per heavy atom. The predicted molar refractivity (Wildman–Crippen MR) is 105 cm³/mol. The van der Waals surface area contributed by atoms with Crippen molar-refractivity contribution in [1.29, 1.82) is 0 Å². The molecule has 0 atom stereocenters. The number of nitrogens with zero attached hydrogens (tertiary/aromatic N) is 5. The number of aryl methyl sites for hydroxylation is 1. The largest absolute Gasteiger partial charge is 0.434 e. The van der Waals surface area contributed by atoms with Gasteiger partial charge in [0.15, 0.2) is 17.5 Å². The van der Waals surface area contributed by atoms with Gasteiger partial charge in [-0.25, -0.2) is 9.98 Å². The highest BCUT2D eigenvalue weighted by molar-refractivity contribution is 14.0. The smallest absolute Gasteiger partial charge is 0.357 e. The lowest BCUT2D eigenvalue weighted by Crippen LogP contribution is -2.38. The minimum absolute atomic E-state index is 0. The third-order valence-corrected chi connectivity index (χ3v) is 4.14. The van der Waals surface area contributed by atoms with Gasteiger partial charge in [-0.2, -0.15) is 13.2 Å². The van der Waals surface area contributed by atoms with Crippen molar-refractivity contribution in [2.45, 2.75) is 39.5 Å². The number of hydrogen-bond acceptors (Lipinski definition) is 5. The molecule has 7 nitrogen and oxygen atoms in total. The van der Waals surface area contributed by atoms with Gasteiger partial charge in [-0.05, 0) is 13.8 Å². The van der Waals surface area contributed by atoms with Crippen LogP contribution in [0.3, 0.4) is 0 Å². The number of thiazole rings is 1. The molecule has 0 amide bonds. The third-order valence-electron chi connectivity index (χ3n) is 3.23. The molecule has 2 rings (SSSR count). The minimum atomic E-state index is -4.40. The lowest BCUT2D eigenvalue weighted by Gasteiger charge is -2.10. The van der Waals surface area contributed by atoms with E-state index in [1.165, 1.54) is 0 Å². The van der Waals surface area contributed by atoms with Gasteiger partial charge >= 0.3 is 6.18 Å². The Morgan fingerprint density at radius 3 is 2.69 bits per heavy atom. The maximum atomic E-state index is 12.5. The van der Waals surface area contributed by atoms with Gasteiger partial charge in [-0.15, -0.1) is 45.5 Å². The summed E-state index contributed by atoms with van der Waals surface area (Å²) in [6, 6.07) is 0. The molecule has 0 fully saturated rings. The van der Waals surface area contributed by atoms with Crippen LogP contribution in [-0.2, 0) is 25.7 Å². The summed E-state index contributed by atoms with van der Waals surface area (Å²) in [4.78, 5) is 8.02. The Bertz CT molecular complexity index is 699. The number of rotatable bonds is 7. The average Bonchev–Trinajstić information content (AvgIpc) is 3.21. The first-order chi connectivity index (χ1) is 11.9. The van der Waals surface area contributed by atoms with Crippen molar-refractivity contribution in [3.8, 4) is 0 Å². The van der Waals surface area contributed by atoms with Crippen LogP contribution >= 0.6 is 35.3 Å². The van der Waals surface area contributed by atoms with E-state index >= 15 is 0 Å². The molecule has 0 aliphatic rings. The van der Waals surface area contributed by atoms with Crippen molar-refractivity contribution in [1.82, 2.24) is 30.4 Å². The Hall–Kier alpha value is -1.44. The lowest BCUT2D eigenvalue weighted by molar-refractivity contribution is -0.140. The van der Waals surface area contributed by atoms with Gasteiger partial charge in [-0.3, -0.25) is 0 Å². The van der Waals surface area contributed by atoms with Crippen LogP contribution in [0.2, 0.25) is 0 Å². The van der Waals surface area contributed by atoms with E-state index in [0.29, 0.717) is 37.0 Å². The van der Waals surface area contributed by atoms with E-state index in [4.69, 9.17) is 0 Å². The molecule has 0 saturated heterocycles. The Labute approximate surface area is 170 Å². The number of aromatic nitrogens is 4. The van der Waals surface area contributed by atoms with Gasteiger partial charge < -0.3 is 15.2 Å². The SMILES string of the molecule is CCNC(=NCc1nncn1CC)NCCc1nc(C(F)(F)F)cs1.I. The van der Waals surface area contributed by atoms with E-state index in [9.17, 15) is 13.2 Å². The average molecular weight is 503 g/mol. The molecule has 2 aromatic rings. The highest BCUT2D eigenvalue weighted by Crippen LogP contribution is 2.29. The molecule has 2 aromatic heterocycles. The predicted octanol–water partition coefficient (Wildman–Crippen LogP) is 2.69. The molecular weight excluding hydrogens is 482 g/mol. The summed E-state index contributed by atoms with van der Waals surface area (Å²) in [5.41, 5.74) is -0.841. The van der Waals surface area contributed by atoms with E-state index in [1.807, 2.05) is 18.4 Å². The van der Waals surface area contributed by atoms with E-state index in [0.717, 1.165) is 29.1 Å². The molecule has 26 heavy (non-hydrogen) atoms. The summed E-state index contributed by atoms with van der Waals surface area (Å²) in [6.45, 7) is 6.14. The van der Waals surface area contributed by atoms with Crippen LogP contribution in [-0.4, -0.2) is 38.8 Å². The topological polar surface area (TPSA) is 80.0 Å².